The highest BCUT2D eigenvalue weighted by Crippen LogP contribution is 2.31. The maximum Gasteiger partial charge on any atom is 0.573 e. The van der Waals surface area contributed by atoms with Gasteiger partial charge in [-0.1, -0.05) is 6.07 Å². The number of nitrogens with zero attached hydrogens (tertiary/aromatic N) is 1. The number of nitrogens with one attached hydrogen (secondary N) is 1. The Morgan fingerprint density at radius 2 is 1.81 bits per heavy atom. The highest BCUT2D eigenvalue weighted by atomic mass is 19.4. The summed E-state index contributed by atoms with van der Waals surface area (Å²) in [6.45, 7) is 0.225. The van der Waals surface area contributed by atoms with Crippen LogP contribution < -0.4 is 15.8 Å². The molecule has 0 aliphatic heterocycles. The first-order valence-electron chi connectivity index (χ1n) is 8.57. The van der Waals surface area contributed by atoms with Crippen LogP contribution in [-0.4, -0.2) is 17.4 Å². The molecule has 0 atom stereocenters. The Kier molecular flexibility index (Phi) is 5.43. The van der Waals surface area contributed by atoms with Crippen molar-refractivity contribution >= 4 is 11.6 Å². The third-order valence-electron chi connectivity index (χ3n) is 4.39. The van der Waals surface area contributed by atoms with Gasteiger partial charge in [0.05, 0.1) is 6.54 Å². The van der Waals surface area contributed by atoms with Gasteiger partial charge in [0, 0.05) is 11.3 Å². The zero-order valence-electron chi connectivity index (χ0n) is 14.5. The van der Waals surface area contributed by atoms with Gasteiger partial charge < -0.3 is 20.9 Å². The highest BCUT2D eigenvalue weighted by molar-refractivity contribution is 5.92. The van der Waals surface area contributed by atoms with Crippen LogP contribution in [0.3, 0.4) is 0 Å². The second-order valence-electron chi connectivity index (χ2n) is 6.31. The average Bonchev–Trinajstić information content (AvgIpc) is 2.61. The highest BCUT2D eigenvalue weighted by Gasteiger charge is 2.30. The molecule has 27 heavy (non-hydrogen) atoms. The van der Waals surface area contributed by atoms with Gasteiger partial charge in [0.15, 0.2) is 5.96 Å². The molecule has 2 aromatic rings. The number of fused-ring (bicyclic) bond motifs is 1. The molecular formula is C19H20F3N3O2. The van der Waals surface area contributed by atoms with E-state index >= 15 is 0 Å². The third-order valence-corrected chi connectivity index (χ3v) is 4.39. The maximum absolute atomic E-state index is 12.2. The fourth-order valence-corrected chi connectivity index (χ4v) is 3.16. The molecule has 0 amide bonds. The Balaban J connectivity index is 1.67. The summed E-state index contributed by atoms with van der Waals surface area (Å²) < 4.78 is 40.3. The summed E-state index contributed by atoms with van der Waals surface area (Å²) in [4.78, 5) is 4.25. The number of nitrogens with two attached hydrogens (primary N) is 1. The predicted octanol–water partition coefficient (Wildman–Crippen LogP) is 4.10. The molecule has 0 saturated heterocycles. The molecule has 2 aromatic carbocycles. The molecule has 1 aliphatic carbocycles. The number of aryl methyl sites for hydroxylation is 1. The Bertz CT molecular complexity index is 833. The number of aliphatic imine (C=N–C) groups is 1. The SMILES string of the molecule is NC(=NCc1c(O)ccc2c1CCCC2)Nc1ccc(OC(F)(F)F)cc1. The number of anilines is 1. The summed E-state index contributed by atoms with van der Waals surface area (Å²) in [6, 6.07) is 8.81. The maximum atomic E-state index is 12.2. The van der Waals surface area contributed by atoms with Gasteiger partial charge in [-0.3, -0.25) is 0 Å². The molecule has 144 valence electrons. The molecule has 1 aliphatic rings. The molecule has 3 rings (SSSR count). The van der Waals surface area contributed by atoms with E-state index in [1.807, 2.05) is 6.07 Å². The monoisotopic (exact) mass is 379 g/mol. The van der Waals surface area contributed by atoms with Crippen molar-refractivity contribution in [2.24, 2.45) is 10.7 Å². The van der Waals surface area contributed by atoms with E-state index < -0.39 is 6.36 Å². The zero-order chi connectivity index (χ0) is 19.4. The number of alkyl halides is 3. The van der Waals surface area contributed by atoms with Gasteiger partial charge in [-0.05, 0) is 67.1 Å². The number of hydrogen-bond acceptors (Lipinski definition) is 3. The second kappa shape index (κ2) is 7.77. The lowest BCUT2D eigenvalue weighted by molar-refractivity contribution is -0.274. The fourth-order valence-electron chi connectivity index (χ4n) is 3.16. The van der Waals surface area contributed by atoms with Crippen LogP contribution in [0.25, 0.3) is 0 Å². The quantitative estimate of drug-likeness (QED) is 0.552. The summed E-state index contributed by atoms with van der Waals surface area (Å²) in [5, 5.41) is 13.0. The molecule has 0 fully saturated rings. The minimum Gasteiger partial charge on any atom is -0.508 e. The number of ether oxygens (including phenoxy) is 1. The Morgan fingerprint density at radius 3 is 2.52 bits per heavy atom. The second-order valence-corrected chi connectivity index (χ2v) is 6.31. The van der Waals surface area contributed by atoms with Gasteiger partial charge >= 0.3 is 6.36 Å². The largest absolute Gasteiger partial charge is 0.573 e. The number of guanidine groups is 1. The van der Waals surface area contributed by atoms with E-state index in [-0.39, 0.29) is 24.0 Å². The minimum atomic E-state index is -4.73. The molecule has 0 unspecified atom stereocenters. The van der Waals surface area contributed by atoms with E-state index in [0.29, 0.717) is 5.69 Å². The van der Waals surface area contributed by atoms with Gasteiger partial charge in [-0.25, -0.2) is 4.99 Å². The van der Waals surface area contributed by atoms with E-state index in [0.717, 1.165) is 36.8 Å². The molecule has 0 spiro atoms. The van der Waals surface area contributed by atoms with Gasteiger partial charge in [-0.2, -0.15) is 0 Å². The van der Waals surface area contributed by atoms with Gasteiger partial charge in [0.1, 0.15) is 11.5 Å². The number of benzene rings is 2. The zero-order valence-corrected chi connectivity index (χ0v) is 14.5. The molecular weight excluding hydrogens is 359 g/mol. The van der Waals surface area contributed by atoms with E-state index in [1.54, 1.807) is 6.07 Å². The Morgan fingerprint density at radius 1 is 1.11 bits per heavy atom. The first kappa shape index (κ1) is 18.9. The summed E-state index contributed by atoms with van der Waals surface area (Å²) >= 11 is 0. The van der Waals surface area contributed by atoms with Crippen molar-refractivity contribution in [2.75, 3.05) is 5.32 Å². The van der Waals surface area contributed by atoms with Crippen LogP contribution in [0.15, 0.2) is 41.4 Å². The number of hydrogen-bond donors (Lipinski definition) is 3. The van der Waals surface area contributed by atoms with Crippen molar-refractivity contribution in [3.8, 4) is 11.5 Å². The van der Waals surface area contributed by atoms with Gasteiger partial charge in [-0.15, -0.1) is 13.2 Å². The molecule has 0 saturated carbocycles. The number of rotatable bonds is 4. The Hall–Kier alpha value is -2.90. The van der Waals surface area contributed by atoms with Crippen molar-refractivity contribution in [1.29, 1.82) is 0 Å². The van der Waals surface area contributed by atoms with Gasteiger partial charge in [0.25, 0.3) is 0 Å². The van der Waals surface area contributed by atoms with Crippen molar-refractivity contribution in [2.45, 2.75) is 38.6 Å². The molecule has 0 heterocycles. The molecule has 5 nitrogen and oxygen atoms in total. The van der Waals surface area contributed by atoms with Crippen molar-refractivity contribution < 1.29 is 23.0 Å². The lowest BCUT2D eigenvalue weighted by atomic mass is 9.88. The summed E-state index contributed by atoms with van der Waals surface area (Å²) in [6.07, 6.45) is -0.618. The minimum absolute atomic E-state index is 0.104. The van der Waals surface area contributed by atoms with Crippen LogP contribution in [0.4, 0.5) is 18.9 Å². The van der Waals surface area contributed by atoms with E-state index in [9.17, 15) is 18.3 Å². The molecule has 0 radical (unpaired) electrons. The van der Waals surface area contributed by atoms with Crippen LogP contribution in [-0.2, 0) is 19.4 Å². The standard InChI is InChI=1S/C19H20F3N3O2/c20-19(21,22)27-14-8-6-13(7-9-14)25-18(23)24-11-16-15-4-2-1-3-12(15)5-10-17(16)26/h5-10,26H,1-4,11H2,(H3,23,24,25). The van der Waals surface area contributed by atoms with Crippen LogP contribution in [0.1, 0.15) is 29.5 Å². The van der Waals surface area contributed by atoms with E-state index in [2.05, 4.69) is 15.0 Å². The number of aromatic hydroxyl groups is 1. The lowest BCUT2D eigenvalue weighted by Crippen LogP contribution is -2.23. The number of halogens is 3. The normalized spacial score (nSPS) is 14.6. The van der Waals surface area contributed by atoms with Crippen molar-refractivity contribution in [3.63, 3.8) is 0 Å². The first-order valence-corrected chi connectivity index (χ1v) is 8.57. The molecule has 0 aromatic heterocycles. The number of phenols is 1. The fraction of sp³-hybridized carbons (Fsp3) is 0.316. The lowest BCUT2D eigenvalue weighted by Gasteiger charge is -2.19. The van der Waals surface area contributed by atoms with E-state index in [4.69, 9.17) is 5.73 Å². The first-order chi connectivity index (χ1) is 12.8. The molecule has 8 heteroatoms. The predicted molar refractivity (Wildman–Crippen MR) is 96.8 cm³/mol. The summed E-state index contributed by atoms with van der Waals surface area (Å²) in [5.74, 6) is -0.0162. The average molecular weight is 379 g/mol. The van der Waals surface area contributed by atoms with E-state index in [1.165, 1.54) is 29.8 Å². The summed E-state index contributed by atoms with van der Waals surface area (Å²) in [5.41, 5.74) is 9.48. The van der Waals surface area contributed by atoms with Crippen molar-refractivity contribution in [3.05, 3.63) is 53.1 Å². The Labute approximate surface area is 154 Å². The topological polar surface area (TPSA) is 79.9 Å². The van der Waals surface area contributed by atoms with Crippen LogP contribution in [0.2, 0.25) is 0 Å². The molecule has 0 bridgehead atoms. The van der Waals surface area contributed by atoms with Crippen LogP contribution >= 0.6 is 0 Å². The molecule has 4 N–H and O–H groups in total. The third kappa shape index (κ3) is 5.06. The summed E-state index contributed by atoms with van der Waals surface area (Å²) in [7, 11) is 0. The van der Waals surface area contributed by atoms with Crippen LogP contribution in [0, 0.1) is 0 Å². The number of phenolic OH excluding ortho intramolecular Hbond substituents is 1. The van der Waals surface area contributed by atoms with Gasteiger partial charge in [0.2, 0.25) is 0 Å². The smallest absolute Gasteiger partial charge is 0.508 e. The van der Waals surface area contributed by atoms with Crippen LogP contribution in [0.5, 0.6) is 11.5 Å². The van der Waals surface area contributed by atoms with Crippen molar-refractivity contribution in [1.82, 2.24) is 0 Å².